The van der Waals surface area contributed by atoms with E-state index in [1.54, 1.807) is 11.8 Å². The monoisotopic (exact) mass is 151 g/mol. The summed E-state index contributed by atoms with van der Waals surface area (Å²) < 4.78 is 0.458. The van der Waals surface area contributed by atoms with Crippen molar-refractivity contribution in [2.75, 3.05) is 11.8 Å². The summed E-state index contributed by atoms with van der Waals surface area (Å²) in [5.41, 5.74) is 11.3. The molecule has 0 spiro atoms. The highest BCUT2D eigenvalue weighted by Gasteiger charge is 2.12. The standard InChI is InChI=1S/C3H9N3S2/c4-1-7-3-6-5-2-8-3/h3,5-6H,1-2,4H2. The molecule has 8 heavy (non-hydrogen) atoms. The van der Waals surface area contributed by atoms with Gasteiger partial charge in [-0.2, -0.15) is 0 Å². The van der Waals surface area contributed by atoms with Crippen LogP contribution < -0.4 is 16.6 Å². The fourth-order valence-electron chi connectivity index (χ4n) is 0.461. The first kappa shape index (κ1) is 6.70. The van der Waals surface area contributed by atoms with E-state index in [1.807, 2.05) is 11.8 Å². The summed E-state index contributed by atoms with van der Waals surface area (Å²) in [6.45, 7) is 0. The van der Waals surface area contributed by atoms with Crippen molar-refractivity contribution in [1.29, 1.82) is 0 Å². The van der Waals surface area contributed by atoms with Gasteiger partial charge in [-0.15, -0.1) is 23.5 Å². The lowest BCUT2D eigenvalue weighted by Gasteiger charge is -2.03. The second-order valence-electron chi connectivity index (χ2n) is 1.30. The van der Waals surface area contributed by atoms with Crippen molar-refractivity contribution < 1.29 is 0 Å². The molecular weight excluding hydrogens is 142 g/mol. The maximum Gasteiger partial charge on any atom is 0.115 e. The minimum Gasteiger partial charge on any atom is -0.322 e. The molecule has 1 aliphatic rings. The normalized spacial score (nSPS) is 28.9. The highest BCUT2D eigenvalue weighted by molar-refractivity contribution is 8.17. The Labute approximate surface area is 57.1 Å². The fourth-order valence-corrected chi connectivity index (χ4v) is 2.11. The van der Waals surface area contributed by atoms with Gasteiger partial charge in [-0.1, -0.05) is 0 Å². The quantitative estimate of drug-likeness (QED) is 0.474. The molecule has 0 aliphatic carbocycles. The predicted molar refractivity (Wildman–Crippen MR) is 39.2 cm³/mol. The molecule has 0 aromatic heterocycles. The first-order valence-electron chi connectivity index (χ1n) is 2.35. The number of hydrogen-bond donors (Lipinski definition) is 3. The SMILES string of the molecule is NCSC1NNCS1. The van der Waals surface area contributed by atoms with E-state index in [0.717, 1.165) is 5.88 Å². The molecule has 3 nitrogen and oxygen atoms in total. The van der Waals surface area contributed by atoms with Crippen molar-refractivity contribution in [3.63, 3.8) is 0 Å². The molecule has 1 saturated heterocycles. The zero-order chi connectivity index (χ0) is 5.82. The van der Waals surface area contributed by atoms with Crippen LogP contribution >= 0.6 is 23.5 Å². The number of hydrogen-bond acceptors (Lipinski definition) is 5. The Balaban J connectivity index is 2.06. The van der Waals surface area contributed by atoms with Crippen LogP contribution in [-0.4, -0.2) is 16.5 Å². The van der Waals surface area contributed by atoms with Crippen LogP contribution in [0.4, 0.5) is 0 Å². The van der Waals surface area contributed by atoms with E-state index in [-0.39, 0.29) is 0 Å². The average Bonchev–Trinajstić information content (AvgIpc) is 2.19. The van der Waals surface area contributed by atoms with Crippen LogP contribution in [0.1, 0.15) is 0 Å². The first-order valence-corrected chi connectivity index (χ1v) is 4.45. The number of nitrogens with one attached hydrogen (secondary N) is 2. The van der Waals surface area contributed by atoms with E-state index in [1.165, 1.54) is 0 Å². The second-order valence-corrected chi connectivity index (χ2v) is 3.83. The molecule has 48 valence electrons. The summed E-state index contributed by atoms with van der Waals surface area (Å²) in [5, 5.41) is 0. The smallest absolute Gasteiger partial charge is 0.115 e. The van der Waals surface area contributed by atoms with E-state index in [4.69, 9.17) is 5.73 Å². The second kappa shape index (κ2) is 3.58. The third kappa shape index (κ3) is 1.83. The van der Waals surface area contributed by atoms with E-state index in [9.17, 15) is 0 Å². The fraction of sp³-hybridized carbons (Fsp3) is 1.00. The highest BCUT2D eigenvalue weighted by atomic mass is 32.2. The van der Waals surface area contributed by atoms with Gasteiger partial charge in [0.15, 0.2) is 0 Å². The van der Waals surface area contributed by atoms with Gasteiger partial charge in [0, 0.05) is 5.88 Å². The third-order valence-corrected chi connectivity index (χ3v) is 2.94. The Kier molecular flexibility index (Phi) is 2.99. The summed E-state index contributed by atoms with van der Waals surface area (Å²) in [7, 11) is 0. The molecule has 1 unspecified atom stereocenters. The van der Waals surface area contributed by atoms with E-state index >= 15 is 0 Å². The largest absolute Gasteiger partial charge is 0.322 e. The van der Waals surface area contributed by atoms with Crippen molar-refractivity contribution in [2.45, 2.75) is 4.71 Å². The minimum absolute atomic E-state index is 0.458. The van der Waals surface area contributed by atoms with Gasteiger partial charge in [0.1, 0.15) is 4.71 Å². The highest BCUT2D eigenvalue weighted by Crippen LogP contribution is 2.20. The van der Waals surface area contributed by atoms with Crippen molar-refractivity contribution >= 4 is 23.5 Å². The minimum atomic E-state index is 0.458. The molecule has 1 fully saturated rings. The molecular formula is C3H9N3S2. The van der Waals surface area contributed by atoms with Crippen molar-refractivity contribution in [1.82, 2.24) is 10.9 Å². The summed E-state index contributed by atoms with van der Waals surface area (Å²) in [6.07, 6.45) is 0. The summed E-state index contributed by atoms with van der Waals surface area (Å²) in [4.78, 5) is 0. The van der Waals surface area contributed by atoms with Gasteiger partial charge in [0.05, 0.1) is 5.88 Å². The summed E-state index contributed by atoms with van der Waals surface area (Å²) in [6, 6.07) is 0. The maximum absolute atomic E-state index is 5.29. The zero-order valence-electron chi connectivity index (χ0n) is 4.39. The van der Waals surface area contributed by atoms with Crippen LogP contribution in [0, 0.1) is 0 Å². The molecule has 0 aromatic carbocycles. The molecule has 1 atom stereocenters. The Morgan fingerprint density at radius 3 is 3.25 bits per heavy atom. The Bertz CT molecular complexity index is 63.5. The van der Waals surface area contributed by atoms with Crippen LogP contribution in [0.3, 0.4) is 0 Å². The van der Waals surface area contributed by atoms with Crippen molar-refractivity contribution in [3.05, 3.63) is 0 Å². The molecule has 4 N–H and O–H groups in total. The lowest BCUT2D eigenvalue weighted by molar-refractivity contribution is 0.670. The van der Waals surface area contributed by atoms with Gasteiger partial charge in [0.25, 0.3) is 0 Å². The van der Waals surface area contributed by atoms with Gasteiger partial charge in [-0.05, 0) is 0 Å². The molecule has 0 radical (unpaired) electrons. The maximum atomic E-state index is 5.29. The van der Waals surface area contributed by atoms with Crippen molar-refractivity contribution in [2.24, 2.45) is 5.73 Å². The summed E-state index contributed by atoms with van der Waals surface area (Å²) >= 11 is 3.53. The van der Waals surface area contributed by atoms with E-state index in [0.29, 0.717) is 10.6 Å². The molecule has 0 saturated carbocycles. The molecule has 0 amide bonds. The molecule has 5 heteroatoms. The number of thioether (sulfide) groups is 2. The molecule has 1 rings (SSSR count). The number of rotatable bonds is 2. The van der Waals surface area contributed by atoms with Crippen LogP contribution in [0.2, 0.25) is 0 Å². The Hall–Kier alpha value is 0.580. The molecule has 1 aliphatic heterocycles. The Morgan fingerprint density at radius 1 is 1.88 bits per heavy atom. The zero-order valence-corrected chi connectivity index (χ0v) is 6.02. The molecule has 0 bridgehead atoms. The third-order valence-electron chi connectivity index (χ3n) is 0.774. The predicted octanol–water partition coefficient (Wildman–Crippen LogP) is -0.282. The van der Waals surface area contributed by atoms with Crippen LogP contribution in [0.5, 0.6) is 0 Å². The van der Waals surface area contributed by atoms with Gasteiger partial charge in [0.2, 0.25) is 0 Å². The number of nitrogens with two attached hydrogens (primary N) is 1. The van der Waals surface area contributed by atoms with Crippen LogP contribution in [-0.2, 0) is 0 Å². The van der Waals surface area contributed by atoms with Crippen molar-refractivity contribution in [3.8, 4) is 0 Å². The van der Waals surface area contributed by atoms with Gasteiger partial charge >= 0.3 is 0 Å². The molecule has 1 heterocycles. The molecule has 0 aromatic rings. The average molecular weight is 151 g/mol. The Morgan fingerprint density at radius 2 is 2.75 bits per heavy atom. The summed E-state index contributed by atoms with van der Waals surface area (Å²) in [5.74, 6) is 1.67. The topological polar surface area (TPSA) is 50.1 Å². The van der Waals surface area contributed by atoms with Gasteiger partial charge in [-0.3, -0.25) is 0 Å². The van der Waals surface area contributed by atoms with E-state index in [2.05, 4.69) is 10.9 Å². The lowest BCUT2D eigenvalue weighted by Crippen LogP contribution is -2.28. The van der Waals surface area contributed by atoms with E-state index < -0.39 is 0 Å². The number of hydrazine groups is 1. The van der Waals surface area contributed by atoms with Gasteiger partial charge in [-0.25, -0.2) is 10.9 Å². The van der Waals surface area contributed by atoms with Gasteiger partial charge < -0.3 is 5.73 Å². The van der Waals surface area contributed by atoms with Crippen LogP contribution in [0.25, 0.3) is 0 Å². The van der Waals surface area contributed by atoms with Crippen LogP contribution in [0.15, 0.2) is 0 Å². The first-order chi connectivity index (χ1) is 3.93. The lowest BCUT2D eigenvalue weighted by atomic mass is 11.4.